The zero-order chi connectivity index (χ0) is 22.5. The molecule has 0 radical (unpaired) electrons. The number of hydrogen-bond donors (Lipinski definition) is 2. The fourth-order valence-electron chi connectivity index (χ4n) is 3.89. The molecule has 2 N–H and O–H groups in total. The van der Waals surface area contributed by atoms with Crippen LogP contribution in [0.25, 0.3) is 0 Å². The third-order valence-corrected chi connectivity index (χ3v) is 5.79. The van der Waals surface area contributed by atoms with Crippen LogP contribution in [0.4, 0.5) is 11.4 Å². The molecule has 0 unspecified atom stereocenters. The Hall–Kier alpha value is -3.87. The van der Waals surface area contributed by atoms with Crippen LogP contribution >= 0.6 is 0 Å². The van der Waals surface area contributed by atoms with Gasteiger partial charge in [0.2, 0.25) is 5.91 Å². The Kier molecular flexibility index (Phi) is 6.35. The fourth-order valence-corrected chi connectivity index (χ4v) is 3.89. The van der Waals surface area contributed by atoms with Gasteiger partial charge in [0.05, 0.1) is 11.8 Å². The molecule has 0 spiro atoms. The van der Waals surface area contributed by atoms with Gasteiger partial charge in [-0.1, -0.05) is 24.3 Å². The molecule has 1 aromatic heterocycles. The van der Waals surface area contributed by atoms with Crippen molar-refractivity contribution < 1.29 is 18.8 Å². The molecule has 32 heavy (non-hydrogen) atoms. The van der Waals surface area contributed by atoms with Gasteiger partial charge >= 0.3 is 0 Å². The van der Waals surface area contributed by atoms with E-state index in [1.165, 1.54) is 12.5 Å². The summed E-state index contributed by atoms with van der Waals surface area (Å²) < 4.78 is 4.98. The molecule has 164 valence electrons. The van der Waals surface area contributed by atoms with Crippen molar-refractivity contribution >= 4 is 29.1 Å². The van der Waals surface area contributed by atoms with Crippen LogP contribution in [-0.4, -0.2) is 35.7 Å². The molecule has 1 saturated heterocycles. The van der Waals surface area contributed by atoms with Crippen LogP contribution in [0.3, 0.4) is 0 Å². The lowest BCUT2D eigenvalue weighted by Gasteiger charge is -2.31. The van der Waals surface area contributed by atoms with Crippen molar-refractivity contribution in [3.8, 4) is 0 Å². The van der Waals surface area contributed by atoms with Crippen LogP contribution in [0, 0.1) is 12.8 Å². The zero-order valence-corrected chi connectivity index (χ0v) is 17.8. The zero-order valence-electron chi connectivity index (χ0n) is 17.8. The molecule has 1 fully saturated rings. The lowest BCUT2D eigenvalue weighted by molar-refractivity contribution is -0.121. The molecule has 1 aliphatic rings. The molecule has 3 aromatic rings. The van der Waals surface area contributed by atoms with E-state index < -0.39 is 0 Å². The van der Waals surface area contributed by atoms with E-state index in [9.17, 15) is 14.4 Å². The number of piperidine rings is 1. The monoisotopic (exact) mass is 431 g/mol. The Balaban J connectivity index is 1.37. The maximum Gasteiger partial charge on any atom is 0.257 e. The van der Waals surface area contributed by atoms with Gasteiger partial charge in [0.1, 0.15) is 6.26 Å². The van der Waals surface area contributed by atoms with Gasteiger partial charge < -0.3 is 20.0 Å². The molecule has 2 heterocycles. The normalized spacial score (nSPS) is 14.1. The number of nitrogens with zero attached hydrogens (tertiary/aromatic N) is 1. The number of anilines is 2. The van der Waals surface area contributed by atoms with Crippen LogP contribution < -0.4 is 10.6 Å². The van der Waals surface area contributed by atoms with Gasteiger partial charge in [-0.25, -0.2) is 0 Å². The van der Waals surface area contributed by atoms with E-state index in [4.69, 9.17) is 4.42 Å². The molecule has 2 aromatic carbocycles. The van der Waals surface area contributed by atoms with Crippen molar-refractivity contribution in [1.82, 2.24) is 4.90 Å². The van der Waals surface area contributed by atoms with E-state index in [2.05, 4.69) is 10.6 Å². The number of rotatable bonds is 5. The van der Waals surface area contributed by atoms with Crippen LogP contribution in [0.5, 0.6) is 0 Å². The quantitative estimate of drug-likeness (QED) is 0.629. The number of carbonyl (C=O) groups excluding carboxylic acids is 3. The second-order valence-corrected chi connectivity index (χ2v) is 7.87. The number of hydrogen-bond acceptors (Lipinski definition) is 4. The molecule has 7 heteroatoms. The summed E-state index contributed by atoms with van der Waals surface area (Å²) in [6.45, 7) is 2.85. The van der Waals surface area contributed by atoms with Crippen molar-refractivity contribution in [3.05, 3.63) is 83.8 Å². The van der Waals surface area contributed by atoms with Crippen molar-refractivity contribution in [3.63, 3.8) is 0 Å². The first-order valence-corrected chi connectivity index (χ1v) is 10.6. The predicted octanol–water partition coefficient (Wildman–Crippen LogP) is 4.33. The highest BCUT2D eigenvalue weighted by atomic mass is 16.3. The average Bonchev–Trinajstić information content (AvgIpc) is 3.35. The minimum absolute atomic E-state index is 0.0782. The Morgan fingerprint density at radius 1 is 0.938 bits per heavy atom. The summed E-state index contributed by atoms with van der Waals surface area (Å²) in [7, 11) is 0. The molecule has 1 aliphatic heterocycles. The summed E-state index contributed by atoms with van der Waals surface area (Å²) >= 11 is 0. The molecule has 0 atom stereocenters. The van der Waals surface area contributed by atoms with Crippen LogP contribution in [0.1, 0.15) is 39.1 Å². The number of benzene rings is 2. The fraction of sp³-hybridized carbons (Fsp3) is 0.240. The summed E-state index contributed by atoms with van der Waals surface area (Å²) in [6.07, 6.45) is 4.08. The first-order chi connectivity index (χ1) is 15.5. The minimum atomic E-state index is -0.226. The highest BCUT2D eigenvalue weighted by Gasteiger charge is 2.28. The average molecular weight is 431 g/mol. The summed E-state index contributed by atoms with van der Waals surface area (Å²) in [4.78, 5) is 39.7. The number of amides is 3. The van der Waals surface area contributed by atoms with Gasteiger partial charge in [0.15, 0.2) is 0 Å². The third kappa shape index (κ3) is 4.72. The standard InChI is InChI=1S/C25H25N3O4/c1-17-21(24(30)26-20-6-3-2-4-7-20)8-5-9-22(17)27-23(29)18-10-13-28(14-11-18)25(31)19-12-15-32-16-19/h2-9,12,15-16,18H,10-11,13-14H2,1H3,(H,26,30)(H,27,29). The molecule has 0 saturated carbocycles. The SMILES string of the molecule is Cc1c(NC(=O)C2CCN(C(=O)c3ccoc3)CC2)cccc1C(=O)Nc1ccccc1. The predicted molar refractivity (Wildman–Crippen MR) is 122 cm³/mol. The molecule has 3 amide bonds. The Morgan fingerprint density at radius 3 is 2.38 bits per heavy atom. The van der Waals surface area contributed by atoms with E-state index >= 15 is 0 Å². The molecule has 7 nitrogen and oxygen atoms in total. The van der Waals surface area contributed by atoms with E-state index in [1.807, 2.05) is 37.3 Å². The molecule has 0 aliphatic carbocycles. The maximum atomic E-state index is 12.9. The number of para-hydroxylation sites is 1. The summed E-state index contributed by atoms with van der Waals surface area (Å²) in [5.41, 5.74) is 3.07. The Morgan fingerprint density at radius 2 is 1.69 bits per heavy atom. The van der Waals surface area contributed by atoms with E-state index in [0.29, 0.717) is 54.0 Å². The van der Waals surface area contributed by atoms with Crippen molar-refractivity contribution in [1.29, 1.82) is 0 Å². The van der Waals surface area contributed by atoms with Gasteiger partial charge in [0.25, 0.3) is 11.8 Å². The second-order valence-electron chi connectivity index (χ2n) is 7.87. The second kappa shape index (κ2) is 9.51. The minimum Gasteiger partial charge on any atom is -0.472 e. The van der Waals surface area contributed by atoms with Crippen LogP contribution in [0.15, 0.2) is 71.5 Å². The van der Waals surface area contributed by atoms with Crippen LogP contribution in [0.2, 0.25) is 0 Å². The Labute approximate surface area is 186 Å². The Bertz CT molecular complexity index is 1100. The molecular weight excluding hydrogens is 406 g/mol. The highest BCUT2D eigenvalue weighted by molar-refractivity contribution is 6.07. The smallest absolute Gasteiger partial charge is 0.257 e. The van der Waals surface area contributed by atoms with E-state index in [1.54, 1.807) is 29.2 Å². The highest BCUT2D eigenvalue weighted by Crippen LogP contribution is 2.24. The third-order valence-electron chi connectivity index (χ3n) is 5.79. The van der Waals surface area contributed by atoms with Gasteiger partial charge in [-0.15, -0.1) is 0 Å². The maximum absolute atomic E-state index is 12.9. The van der Waals surface area contributed by atoms with E-state index in [0.717, 1.165) is 0 Å². The van der Waals surface area contributed by atoms with Crippen molar-refractivity contribution in [2.45, 2.75) is 19.8 Å². The number of nitrogens with one attached hydrogen (secondary N) is 2. The lowest BCUT2D eigenvalue weighted by Crippen LogP contribution is -2.41. The van der Waals surface area contributed by atoms with Gasteiger partial charge in [-0.05, 0) is 55.7 Å². The summed E-state index contributed by atoms with van der Waals surface area (Å²) in [5.74, 6) is -0.588. The lowest BCUT2D eigenvalue weighted by atomic mass is 9.95. The van der Waals surface area contributed by atoms with Crippen molar-refractivity contribution in [2.75, 3.05) is 23.7 Å². The number of furan rings is 1. The largest absolute Gasteiger partial charge is 0.472 e. The van der Waals surface area contributed by atoms with Gasteiger partial charge in [0, 0.05) is 35.9 Å². The summed E-state index contributed by atoms with van der Waals surface area (Å²) in [5, 5.41) is 5.85. The first-order valence-electron chi connectivity index (χ1n) is 10.6. The molecular formula is C25H25N3O4. The molecule has 4 rings (SSSR count). The number of likely N-dealkylation sites (tertiary alicyclic amines) is 1. The van der Waals surface area contributed by atoms with Gasteiger partial charge in [-0.3, -0.25) is 14.4 Å². The van der Waals surface area contributed by atoms with E-state index in [-0.39, 0.29) is 23.6 Å². The van der Waals surface area contributed by atoms with Crippen molar-refractivity contribution in [2.24, 2.45) is 5.92 Å². The topological polar surface area (TPSA) is 91.7 Å². The van der Waals surface area contributed by atoms with Gasteiger partial charge in [-0.2, -0.15) is 0 Å². The number of carbonyl (C=O) groups is 3. The van der Waals surface area contributed by atoms with Crippen LogP contribution in [-0.2, 0) is 4.79 Å². The summed E-state index contributed by atoms with van der Waals surface area (Å²) in [6, 6.07) is 16.2. The molecule has 0 bridgehead atoms. The first kappa shape index (κ1) is 21.4.